The van der Waals surface area contributed by atoms with Crippen molar-refractivity contribution in [3.05, 3.63) is 101 Å². The average Bonchev–Trinajstić information content (AvgIpc) is 2.71. The number of carboxylic acid groups (broad SMARTS) is 1. The van der Waals surface area contributed by atoms with Crippen LogP contribution >= 0.6 is 23.4 Å². The first-order valence-corrected chi connectivity index (χ1v) is 10.2. The smallest absolute Gasteiger partial charge is 0.341 e. The maximum atomic E-state index is 13.7. The van der Waals surface area contributed by atoms with Crippen LogP contribution in [0.25, 0.3) is 5.57 Å². The number of halogens is 2. The third-order valence-electron chi connectivity index (χ3n) is 4.01. The van der Waals surface area contributed by atoms with Gasteiger partial charge in [0.15, 0.2) is 6.61 Å². The number of hydrogen-bond acceptors (Lipinski definition) is 3. The number of benzene rings is 3. The summed E-state index contributed by atoms with van der Waals surface area (Å²) in [6.07, 6.45) is 2.04. The summed E-state index contributed by atoms with van der Waals surface area (Å²) in [5, 5.41) is 9.16. The highest BCUT2D eigenvalue weighted by molar-refractivity contribution is 7.99. The molecule has 0 spiro atoms. The van der Waals surface area contributed by atoms with Crippen molar-refractivity contribution in [3.8, 4) is 5.75 Å². The van der Waals surface area contributed by atoms with E-state index in [1.54, 1.807) is 24.3 Å². The van der Waals surface area contributed by atoms with E-state index < -0.39 is 12.6 Å². The Kier molecular flexibility index (Phi) is 7.33. The minimum atomic E-state index is -1.05. The molecule has 0 bridgehead atoms. The molecule has 0 atom stereocenters. The molecular weight excluding hydrogens is 411 g/mol. The van der Waals surface area contributed by atoms with E-state index in [9.17, 15) is 9.18 Å². The van der Waals surface area contributed by atoms with Gasteiger partial charge in [-0.3, -0.25) is 0 Å². The van der Waals surface area contributed by atoms with Crippen molar-refractivity contribution in [2.75, 3.05) is 12.4 Å². The summed E-state index contributed by atoms with van der Waals surface area (Å²) < 4.78 is 18.9. The third-order valence-corrected chi connectivity index (χ3v) is 5.44. The Balaban J connectivity index is 1.77. The van der Waals surface area contributed by atoms with Crippen molar-refractivity contribution < 1.29 is 19.0 Å². The van der Waals surface area contributed by atoms with Crippen LogP contribution in [0.5, 0.6) is 5.75 Å². The molecule has 0 unspecified atom stereocenters. The van der Waals surface area contributed by atoms with E-state index in [0.29, 0.717) is 16.5 Å². The summed E-state index contributed by atoms with van der Waals surface area (Å²) >= 11 is 7.82. The standard InChI is InChI=1S/C23H18ClFO3S/c24-21-14-19(28-15-23(26)27)9-10-22(21)29-12-11-20(16-5-2-1-3-6-16)17-7-4-8-18(25)13-17/h1-11,13-14H,12,15H2,(H,26,27). The fourth-order valence-electron chi connectivity index (χ4n) is 2.72. The molecule has 3 nitrogen and oxygen atoms in total. The SMILES string of the molecule is O=C(O)COc1ccc(SCC=C(c2ccccc2)c2cccc(F)c2)c(Cl)c1. The average molecular weight is 429 g/mol. The number of aliphatic carboxylic acids is 1. The lowest BCUT2D eigenvalue weighted by Gasteiger charge is -2.10. The van der Waals surface area contributed by atoms with Gasteiger partial charge in [-0.15, -0.1) is 11.8 Å². The summed E-state index contributed by atoms with van der Waals surface area (Å²) in [5.41, 5.74) is 2.75. The molecule has 0 heterocycles. The van der Waals surface area contributed by atoms with Crippen LogP contribution in [-0.2, 0) is 4.79 Å². The molecule has 0 radical (unpaired) electrons. The van der Waals surface area contributed by atoms with E-state index in [1.165, 1.54) is 23.9 Å². The zero-order valence-electron chi connectivity index (χ0n) is 15.3. The van der Waals surface area contributed by atoms with Crippen LogP contribution in [0.1, 0.15) is 11.1 Å². The lowest BCUT2D eigenvalue weighted by Crippen LogP contribution is -2.09. The van der Waals surface area contributed by atoms with Gasteiger partial charge < -0.3 is 9.84 Å². The number of carboxylic acids is 1. The number of hydrogen-bond donors (Lipinski definition) is 1. The Labute approximate surface area is 177 Å². The predicted octanol–water partition coefficient (Wildman–Crippen LogP) is 6.17. The van der Waals surface area contributed by atoms with Crippen LogP contribution in [0.3, 0.4) is 0 Å². The molecule has 29 heavy (non-hydrogen) atoms. The minimum Gasteiger partial charge on any atom is -0.482 e. The van der Waals surface area contributed by atoms with Crippen molar-refractivity contribution in [3.63, 3.8) is 0 Å². The molecule has 0 amide bonds. The fourth-order valence-corrected chi connectivity index (χ4v) is 3.85. The normalized spacial score (nSPS) is 11.3. The molecule has 3 aromatic rings. The fraction of sp³-hybridized carbons (Fsp3) is 0.0870. The second-order valence-electron chi connectivity index (χ2n) is 6.08. The molecule has 0 aliphatic rings. The lowest BCUT2D eigenvalue weighted by atomic mass is 9.98. The molecule has 0 saturated heterocycles. The molecule has 3 aromatic carbocycles. The van der Waals surface area contributed by atoms with Crippen LogP contribution in [0.15, 0.2) is 83.8 Å². The number of rotatable bonds is 8. The van der Waals surface area contributed by atoms with E-state index in [4.69, 9.17) is 21.4 Å². The van der Waals surface area contributed by atoms with Gasteiger partial charge in [0.2, 0.25) is 0 Å². The van der Waals surface area contributed by atoms with E-state index in [2.05, 4.69) is 0 Å². The molecule has 0 aliphatic heterocycles. The van der Waals surface area contributed by atoms with Crippen LogP contribution in [0.2, 0.25) is 5.02 Å². The monoisotopic (exact) mass is 428 g/mol. The molecular formula is C23H18ClFO3S. The first-order valence-electron chi connectivity index (χ1n) is 8.81. The van der Waals surface area contributed by atoms with Gasteiger partial charge in [-0.05, 0) is 47.0 Å². The first kappa shape index (κ1) is 21.0. The lowest BCUT2D eigenvalue weighted by molar-refractivity contribution is -0.139. The largest absolute Gasteiger partial charge is 0.482 e. The van der Waals surface area contributed by atoms with Crippen LogP contribution in [0, 0.1) is 5.82 Å². The van der Waals surface area contributed by atoms with Gasteiger partial charge in [-0.2, -0.15) is 0 Å². The summed E-state index contributed by atoms with van der Waals surface area (Å²) in [6, 6.07) is 21.4. The molecule has 6 heteroatoms. The Morgan fingerprint density at radius 3 is 2.48 bits per heavy atom. The molecule has 0 fully saturated rings. The highest BCUT2D eigenvalue weighted by Gasteiger charge is 2.08. The van der Waals surface area contributed by atoms with Gasteiger partial charge in [0.05, 0.1) is 5.02 Å². The number of ether oxygens (including phenoxy) is 1. The van der Waals surface area contributed by atoms with Crippen molar-refractivity contribution in [2.24, 2.45) is 0 Å². The van der Waals surface area contributed by atoms with Crippen LogP contribution in [-0.4, -0.2) is 23.4 Å². The second-order valence-corrected chi connectivity index (χ2v) is 7.55. The summed E-state index contributed by atoms with van der Waals surface area (Å²) in [5.74, 6) is -0.301. The maximum Gasteiger partial charge on any atom is 0.341 e. The predicted molar refractivity (Wildman–Crippen MR) is 115 cm³/mol. The van der Waals surface area contributed by atoms with Crippen LogP contribution < -0.4 is 4.74 Å². The van der Waals surface area contributed by atoms with Gasteiger partial charge in [0, 0.05) is 10.6 Å². The maximum absolute atomic E-state index is 13.7. The van der Waals surface area contributed by atoms with Crippen molar-refractivity contribution >= 4 is 34.9 Å². The quantitative estimate of drug-likeness (QED) is 0.436. The van der Waals surface area contributed by atoms with Crippen molar-refractivity contribution in [1.82, 2.24) is 0 Å². The Morgan fingerprint density at radius 1 is 1.03 bits per heavy atom. The van der Waals surface area contributed by atoms with E-state index in [0.717, 1.165) is 21.6 Å². The van der Waals surface area contributed by atoms with Crippen molar-refractivity contribution in [1.29, 1.82) is 0 Å². The third kappa shape index (κ3) is 6.11. The molecule has 0 saturated carbocycles. The zero-order valence-corrected chi connectivity index (χ0v) is 16.9. The summed E-state index contributed by atoms with van der Waals surface area (Å²) in [7, 11) is 0. The van der Waals surface area contributed by atoms with Crippen molar-refractivity contribution in [2.45, 2.75) is 4.90 Å². The Bertz CT molecular complexity index is 1020. The highest BCUT2D eigenvalue weighted by atomic mass is 35.5. The first-order chi connectivity index (χ1) is 14.0. The zero-order chi connectivity index (χ0) is 20.6. The van der Waals surface area contributed by atoms with Gasteiger partial charge >= 0.3 is 5.97 Å². The summed E-state index contributed by atoms with van der Waals surface area (Å²) in [4.78, 5) is 11.4. The van der Waals surface area contributed by atoms with Gasteiger partial charge in [-0.25, -0.2) is 9.18 Å². The minimum absolute atomic E-state index is 0.281. The second kappa shape index (κ2) is 10.1. The molecule has 0 aliphatic carbocycles. The van der Waals surface area contributed by atoms with Gasteiger partial charge in [0.25, 0.3) is 0 Å². The van der Waals surface area contributed by atoms with E-state index >= 15 is 0 Å². The molecule has 3 rings (SSSR count). The summed E-state index contributed by atoms with van der Waals surface area (Å²) in [6.45, 7) is -0.417. The number of thioether (sulfide) groups is 1. The molecule has 0 aromatic heterocycles. The number of carbonyl (C=O) groups is 1. The Morgan fingerprint density at radius 2 is 1.79 bits per heavy atom. The van der Waals surface area contributed by atoms with Crippen LogP contribution in [0.4, 0.5) is 4.39 Å². The topological polar surface area (TPSA) is 46.5 Å². The molecule has 1 N–H and O–H groups in total. The van der Waals surface area contributed by atoms with Gasteiger partial charge in [-0.1, -0.05) is 60.1 Å². The van der Waals surface area contributed by atoms with E-state index in [1.807, 2.05) is 42.5 Å². The molecule has 148 valence electrons. The highest BCUT2D eigenvalue weighted by Crippen LogP contribution is 2.32. The van der Waals surface area contributed by atoms with Gasteiger partial charge in [0.1, 0.15) is 11.6 Å². The Hall–Kier alpha value is -2.76. The van der Waals surface area contributed by atoms with E-state index in [-0.39, 0.29) is 5.82 Å².